The van der Waals surface area contributed by atoms with E-state index < -0.39 is 0 Å². The van der Waals surface area contributed by atoms with Crippen LogP contribution in [-0.4, -0.2) is 56.0 Å². The van der Waals surface area contributed by atoms with Crippen LogP contribution in [0.25, 0.3) is 0 Å². The Bertz CT molecular complexity index is 910. The summed E-state index contributed by atoms with van der Waals surface area (Å²) in [4.78, 5) is 19.6. The van der Waals surface area contributed by atoms with E-state index in [1.807, 2.05) is 38.9 Å². The van der Waals surface area contributed by atoms with Gasteiger partial charge >= 0.3 is 0 Å². The van der Waals surface area contributed by atoms with Gasteiger partial charge in [-0.3, -0.25) is 9.69 Å². The Morgan fingerprint density at radius 1 is 1.06 bits per heavy atom. The molecule has 0 spiro atoms. The lowest BCUT2D eigenvalue weighted by molar-refractivity contribution is -0.135. The molecule has 3 rings (SSSR count). The van der Waals surface area contributed by atoms with Gasteiger partial charge in [-0.05, 0) is 47.2 Å². The summed E-state index contributed by atoms with van der Waals surface area (Å²) in [5.74, 6) is 0.878. The maximum atomic E-state index is 14.1. The third-order valence-corrected chi connectivity index (χ3v) is 6.50. The zero-order valence-corrected chi connectivity index (χ0v) is 21.1. The van der Waals surface area contributed by atoms with Crippen molar-refractivity contribution in [3.63, 3.8) is 0 Å². The molecule has 4 nitrogen and oxygen atoms in total. The molecule has 2 aromatic carbocycles. The van der Waals surface area contributed by atoms with Crippen LogP contribution in [0.5, 0.6) is 0 Å². The van der Waals surface area contributed by atoms with Crippen LogP contribution < -0.4 is 4.90 Å². The molecule has 0 N–H and O–H groups in total. The normalized spacial score (nSPS) is 18.8. The number of halogens is 1. The lowest BCUT2D eigenvalue weighted by Crippen LogP contribution is -2.41. The molecule has 0 saturated carbocycles. The number of carbonyl (C=O) groups is 1. The number of amides is 1. The Morgan fingerprint density at radius 3 is 2.33 bits per heavy atom. The molecule has 2 atom stereocenters. The Labute approximate surface area is 199 Å². The van der Waals surface area contributed by atoms with Crippen LogP contribution in [-0.2, 0) is 11.3 Å². The van der Waals surface area contributed by atoms with Crippen molar-refractivity contribution < 1.29 is 9.18 Å². The summed E-state index contributed by atoms with van der Waals surface area (Å²) in [5, 5.41) is 0. The van der Waals surface area contributed by atoms with Gasteiger partial charge in [0.2, 0.25) is 5.91 Å². The number of hydrogen-bond donors (Lipinski definition) is 0. The molecule has 0 aliphatic carbocycles. The quantitative estimate of drug-likeness (QED) is 0.519. The van der Waals surface area contributed by atoms with E-state index in [1.165, 1.54) is 17.3 Å². The van der Waals surface area contributed by atoms with E-state index in [2.05, 4.69) is 47.9 Å². The van der Waals surface area contributed by atoms with Crippen molar-refractivity contribution in [2.24, 2.45) is 17.8 Å². The minimum atomic E-state index is -0.193. The molecule has 1 amide bonds. The standard InChI is InChI=1S/C28H40FN3O/c1-20(2)15-32(28(33)21(3)4)18-24-17-31(16-22-10-12-26(13-11-22)30(5)6)19-27(24)23-8-7-9-25(29)14-23/h7-14,20-21,24,27H,15-19H2,1-6H3/t24-,27-/m0/s1. The SMILES string of the molecule is CC(C)CN(C[C@@H]1CN(Cc2ccc(N(C)C)cc2)C[C@H]1c1cccc(F)c1)C(=O)C(C)C. The van der Waals surface area contributed by atoms with Crippen LogP contribution in [0.4, 0.5) is 10.1 Å². The smallest absolute Gasteiger partial charge is 0.225 e. The van der Waals surface area contributed by atoms with E-state index in [1.54, 1.807) is 12.1 Å². The van der Waals surface area contributed by atoms with Crippen LogP contribution in [0.2, 0.25) is 0 Å². The first-order chi connectivity index (χ1) is 15.6. The van der Waals surface area contributed by atoms with Gasteiger partial charge in [0.1, 0.15) is 5.82 Å². The zero-order chi connectivity index (χ0) is 24.1. The van der Waals surface area contributed by atoms with Crippen molar-refractivity contribution in [3.8, 4) is 0 Å². The first-order valence-corrected chi connectivity index (χ1v) is 12.2. The second-order valence-corrected chi connectivity index (χ2v) is 10.5. The van der Waals surface area contributed by atoms with Crippen molar-refractivity contribution in [3.05, 3.63) is 65.5 Å². The van der Waals surface area contributed by atoms with Crippen molar-refractivity contribution in [2.75, 3.05) is 45.2 Å². The van der Waals surface area contributed by atoms with Crippen LogP contribution >= 0.6 is 0 Å². The highest BCUT2D eigenvalue weighted by Crippen LogP contribution is 2.35. The first-order valence-electron chi connectivity index (χ1n) is 12.2. The van der Waals surface area contributed by atoms with Gasteiger partial charge in [0.25, 0.3) is 0 Å². The van der Waals surface area contributed by atoms with E-state index in [9.17, 15) is 9.18 Å². The molecule has 180 valence electrons. The summed E-state index contributed by atoms with van der Waals surface area (Å²) >= 11 is 0. The third-order valence-electron chi connectivity index (χ3n) is 6.50. The minimum Gasteiger partial charge on any atom is -0.378 e. The fourth-order valence-corrected chi connectivity index (χ4v) is 4.89. The van der Waals surface area contributed by atoms with Crippen LogP contribution in [0.15, 0.2) is 48.5 Å². The summed E-state index contributed by atoms with van der Waals surface area (Å²) in [6.07, 6.45) is 0. The molecule has 2 aromatic rings. The van der Waals surface area contributed by atoms with Crippen LogP contribution in [0, 0.1) is 23.6 Å². The average Bonchev–Trinajstić information content (AvgIpc) is 3.14. The van der Waals surface area contributed by atoms with Crippen molar-refractivity contribution in [2.45, 2.75) is 40.2 Å². The number of carbonyl (C=O) groups excluding carboxylic acids is 1. The molecule has 1 fully saturated rings. The largest absolute Gasteiger partial charge is 0.378 e. The monoisotopic (exact) mass is 453 g/mol. The van der Waals surface area contributed by atoms with Gasteiger partial charge in [0.05, 0.1) is 0 Å². The fourth-order valence-electron chi connectivity index (χ4n) is 4.89. The van der Waals surface area contributed by atoms with Gasteiger partial charge in [0, 0.05) is 64.3 Å². The average molecular weight is 454 g/mol. The molecular weight excluding hydrogens is 413 g/mol. The fraction of sp³-hybridized carbons (Fsp3) is 0.536. The predicted molar refractivity (Wildman–Crippen MR) is 135 cm³/mol. The van der Waals surface area contributed by atoms with Gasteiger partial charge in [-0.1, -0.05) is 52.0 Å². The highest BCUT2D eigenvalue weighted by atomic mass is 19.1. The third kappa shape index (κ3) is 6.80. The molecule has 0 unspecified atom stereocenters. The van der Waals surface area contributed by atoms with Gasteiger partial charge < -0.3 is 9.80 Å². The van der Waals surface area contributed by atoms with Crippen molar-refractivity contribution in [1.29, 1.82) is 0 Å². The molecule has 0 aromatic heterocycles. The van der Waals surface area contributed by atoms with Gasteiger partial charge in [-0.2, -0.15) is 0 Å². The highest BCUT2D eigenvalue weighted by Gasteiger charge is 2.36. The van der Waals surface area contributed by atoms with E-state index >= 15 is 0 Å². The molecule has 1 heterocycles. The minimum absolute atomic E-state index is 0.0240. The molecule has 5 heteroatoms. The first kappa shape index (κ1) is 25.2. The summed E-state index contributed by atoms with van der Waals surface area (Å²) in [6, 6.07) is 15.7. The lowest BCUT2D eigenvalue weighted by atomic mass is 9.88. The number of rotatable bonds is 9. The Kier molecular flexibility index (Phi) is 8.52. The summed E-state index contributed by atoms with van der Waals surface area (Å²) in [7, 11) is 4.09. The maximum Gasteiger partial charge on any atom is 0.225 e. The van der Waals surface area contributed by atoms with E-state index in [-0.39, 0.29) is 29.5 Å². The number of hydrogen-bond acceptors (Lipinski definition) is 3. The van der Waals surface area contributed by atoms with Gasteiger partial charge in [0.15, 0.2) is 0 Å². The van der Waals surface area contributed by atoms with E-state index in [0.29, 0.717) is 12.5 Å². The number of likely N-dealkylation sites (tertiary alicyclic amines) is 1. The molecule has 0 bridgehead atoms. The van der Waals surface area contributed by atoms with Gasteiger partial charge in [-0.25, -0.2) is 4.39 Å². The van der Waals surface area contributed by atoms with Crippen LogP contribution in [0.3, 0.4) is 0 Å². The molecule has 33 heavy (non-hydrogen) atoms. The predicted octanol–water partition coefficient (Wildman–Crippen LogP) is 5.25. The summed E-state index contributed by atoms with van der Waals surface area (Å²) in [6.45, 7) is 12.4. The number of benzene rings is 2. The lowest BCUT2D eigenvalue weighted by Gasteiger charge is -2.31. The van der Waals surface area contributed by atoms with Crippen LogP contribution in [0.1, 0.15) is 44.7 Å². The zero-order valence-electron chi connectivity index (χ0n) is 21.1. The molecule has 1 aliphatic heterocycles. The maximum absolute atomic E-state index is 14.1. The Hall–Kier alpha value is -2.40. The molecular formula is C28H40FN3O. The highest BCUT2D eigenvalue weighted by molar-refractivity contribution is 5.78. The summed E-state index contributed by atoms with van der Waals surface area (Å²) < 4.78 is 14.1. The molecule has 1 saturated heterocycles. The Morgan fingerprint density at radius 2 is 1.76 bits per heavy atom. The summed E-state index contributed by atoms with van der Waals surface area (Å²) in [5.41, 5.74) is 3.50. The second-order valence-electron chi connectivity index (χ2n) is 10.5. The Balaban J connectivity index is 1.81. The van der Waals surface area contributed by atoms with Crippen molar-refractivity contribution >= 4 is 11.6 Å². The number of nitrogens with zero attached hydrogens (tertiary/aromatic N) is 3. The van der Waals surface area contributed by atoms with E-state index in [4.69, 9.17) is 0 Å². The molecule has 1 aliphatic rings. The van der Waals surface area contributed by atoms with Gasteiger partial charge in [-0.15, -0.1) is 0 Å². The van der Waals surface area contributed by atoms with E-state index in [0.717, 1.165) is 31.7 Å². The molecule has 0 radical (unpaired) electrons. The van der Waals surface area contributed by atoms with Crippen molar-refractivity contribution in [1.82, 2.24) is 9.80 Å². The number of anilines is 1. The second kappa shape index (κ2) is 11.1. The topological polar surface area (TPSA) is 26.8 Å².